The highest BCUT2D eigenvalue weighted by Crippen LogP contribution is 2.55. The molecule has 130 valence electrons. The maximum atomic E-state index is 13.5. The lowest BCUT2D eigenvalue weighted by Crippen LogP contribution is -2.26. The van der Waals surface area contributed by atoms with Crippen LogP contribution in [0, 0.1) is 0 Å². The van der Waals surface area contributed by atoms with Crippen molar-refractivity contribution in [2.24, 2.45) is 0 Å². The van der Waals surface area contributed by atoms with Gasteiger partial charge in [0.05, 0.1) is 18.6 Å². The van der Waals surface area contributed by atoms with Gasteiger partial charge in [-0.05, 0) is 35.7 Å². The van der Waals surface area contributed by atoms with E-state index in [1.807, 2.05) is 12.5 Å². The summed E-state index contributed by atoms with van der Waals surface area (Å²) in [5.74, 6) is 0.478. The first-order chi connectivity index (χ1) is 9.32. The first kappa shape index (κ1) is 21.3. The van der Waals surface area contributed by atoms with Crippen molar-refractivity contribution in [1.29, 1.82) is 0 Å². The van der Waals surface area contributed by atoms with Crippen molar-refractivity contribution in [2.75, 3.05) is 32.4 Å². The highest BCUT2D eigenvalue weighted by Gasteiger charge is 2.32. The van der Waals surface area contributed by atoms with E-state index in [4.69, 9.17) is 0 Å². The summed E-state index contributed by atoms with van der Waals surface area (Å²) in [7, 11) is 2.67. The molecule has 0 heterocycles. The molecule has 2 unspecified atom stereocenters. The van der Waals surface area contributed by atoms with Crippen molar-refractivity contribution in [3.8, 4) is 0 Å². The van der Waals surface area contributed by atoms with Gasteiger partial charge >= 0.3 is 6.18 Å². The molecule has 0 aromatic heterocycles. The summed E-state index contributed by atoms with van der Waals surface area (Å²) in [6, 6.07) is 0. The molecule has 0 spiro atoms. The summed E-state index contributed by atoms with van der Waals surface area (Å²) < 4.78 is 50.1. The molecule has 21 heavy (non-hydrogen) atoms. The van der Waals surface area contributed by atoms with Crippen LogP contribution in [0.15, 0.2) is 0 Å². The van der Waals surface area contributed by atoms with Crippen LogP contribution in [0.5, 0.6) is 0 Å². The highest BCUT2D eigenvalue weighted by atomic mass is 33.2. The van der Waals surface area contributed by atoms with Gasteiger partial charge in [0.1, 0.15) is 0 Å². The van der Waals surface area contributed by atoms with Crippen LogP contribution in [0.2, 0.25) is 0 Å². The summed E-state index contributed by atoms with van der Waals surface area (Å²) in [6.07, 6.45) is -4.79. The molecule has 0 fully saturated rings. The summed E-state index contributed by atoms with van der Waals surface area (Å²) in [4.78, 5) is 0. The SMILES string of the molecule is CN(C)N(F)SS(C)(C)CCC(O)CC(O)CC(F)(F)F. The second kappa shape index (κ2) is 8.78. The van der Waals surface area contributed by atoms with Gasteiger partial charge in [0, 0.05) is 25.1 Å². The first-order valence-electron chi connectivity index (χ1n) is 6.29. The zero-order chi connectivity index (χ0) is 16.8. The van der Waals surface area contributed by atoms with Gasteiger partial charge in [0.25, 0.3) is 0 Å². The molecule has 0 aliphatic carbocycles. The smallest absolute Gasteiger partial charge is 0.391 e. The third-order valence-corrected chi connectivity index (χ3v) is 6.68. The molecule has 0 saturated carbocycles. The average Bonchev–Trinajstić information content (AvgIpc) is 2.23. The van der Waals surface area contributed by atoms with Crippen LogP contribution in [0.25, 0.3) is 0 Å². The van der Waals surface area contributed by atoms with Gasteiger partial charge in [-0.2, -0.15) is 22.2 Å². The Hall–Kier alpha value is 0.260. The predicted molar refractivity (Wildman–Crippen MR) is 80.5 cm³/mol. The average molecular weight is 356 g/mol. The van der Waals surface area contributed by atoms with Gasteiger partial charge in [-0.1, -0.05) is 0 Å². The van der Waals surface area contributed by atoms with Gasteiger partial charge in [0.15, 0.2) is 0 Å². The molecular formula is C11H24F4N2O2S2. The van der Waals surface area contributed by atoms with Gasteiger partial charge in [-0.15, -0.1) is 4.48 Å². The van der Waals surface area contributed by atoms with E-state index in [1.165, 1.54) is 5.01 Å². The van der Waals surface area contributed by atoms with E-state index in [1.54, 1.807) is 14.1 Å². The second-order valence-electron chi connectivity index (χ2n) is 5.44. The minimum Gasteiger partial charge on any atom is -0.393 e. The second-order valence-corrected chi connectivity index (χ2v) is 12.3. The monoisotopic (exact) mass is 356 g/mol. The van der Waals surface area contributed by atoms with Crippen molar-refractivity contribution in [3.63, 3.8) is 0 Å². The third kappa shape index (κ3) is 11.5. The van der Waals surface area contributed by atoms with Crippen molar-refractivity contribution < 1.29 is 27.9 Å². The van der Waals surface area contributed by atoms with E-state index in [9.17, 15) is 27.9 Å². The number of halogens is 4. The Labute approximate surface area is 128 Å². The molecule has 0 aliphatic heterocycles. The molecule has 4 nitrogen and oxygen atoms in total. The number of aliphatic hydroxyl groups excluding tert-OH is 2. The number of hydrogen-bond acceptors (Lipinski definition) is 5. The lowest BCUT2D eigenvalue weighted by atomic mass is 10.1. The van der Waals surface area contributed by atoms with E-state index in [0.29, 0.717) is 10.4 Å². The van der Waals surface area contributed by atoms with E-state index >= 15 is 0 Å². The fourth-order valence-corrected chi connectivity index (χ4v) is 4.76. The van der Waals surface area contributed by atoms with Gasteiger partial charge in [-0.25, -0.2) is 5.01 Å². The molecule has 0 bridgehead atoms. The van der Waals surface area contributed by atoms with Crippen LogP contribution in [-0.2, 0) is 0 Å². The first-order valence-corrected chi connectivity index (χ1v) is 10.2. The zero-order valence-corrected chi connectivity index (χ0v) is 14.2. The number of hydrazine groups is 1. The molecule has 0 radical (unpaired) electrons. The van der Waals surface area contributed by atoms with Crippen LogP contribution >= 0.6 is 20.0 Å². The third-order valence-electron chi connectivity index (χ3n) is 2.53. The van der Waals surface area contributed by atoms with E-state index in [-0.39, 0.29) is 12.8 Å². The number of aliphatic hydroxyl groups is 2. The van der Waals surface area contributed by atoms with Crippen molar-refractivity contribution in [1.82, 2.24) is 9.65 Å². The maximum absolute atomic E-state index is 13.5. The van der Waals surface area contributed by atoms with Crippen molar-refractivity contribution in [2.45, 2.75) is 37.6 Å². The van der Waals surface area contributed by atoms with Crippen LogP contribution in [-0.4, -0.2) is 70.6 Å². The Bertz CT molecular complexity index is 306. The predicted octanol–water partition coefficient (Wildman–Crippen LogP) is 2.73. The largest absolute Gasteiger partial charge is 0.393 e. The standard InChI is InChI=1S/C11H24F4N2O2S2/c1-16(2)17(15)20-21(3,4)6-5-9(18)7-10(19)8-11(12,13)14/h9-10,18-19H,5-8H2,1-4H3. The highest BCUT2D eigenvalue weighted by molar-refractivity contribution is 8.93. The quantitative estimate of drug-likeness (QED) is 0.219. The molecule has 2 N–H and O–H groups in total. The van der Waals surface area contributed by atoms with E-state index < -0.39 is 33.9 Å². The van der Waals surface area contributed by atoms with Crippen molar-refractivity contribution >= 4 is 20.0 Å². The minimum atomic E-state index is -4.44. The number of nitrogens with zero attached hydrogens (tertiary/aromatic N) is 2. The summed E-state index contributed by atoms with van der Waals surface area (Å²) >= 11 is 0. The Balaban J connectivity index is 4.14. The van der Waals surface area contributed by atoms with Crippen LogP contribution in [0.3, 0.4) is 0 Å². The fraction of sp³-hybridized carbons (Fsp3) is 1.00. The number of hydrogen-bond donors (Lipinski definition) is 2. The Kier molecular flexibility index (Phi) is 8.89. The molecule has 0 aromatic rings. The van der Waals surface area contributed by atoms with Crippen LogP contribution in [0.4, 0.5) is 17.7 Å². The summed E-state index contributed by atoms with van der Waals surface area (Å²) in [5, 5.41) is 20.2. The summed E-state index contributed by atoms with van der Waals surface area (Å²) in [5.41, 5.74) is 0. The topological polar surface area (TPSA) is 46.9 Å². The molecule has 0 aliphatic rings. The molecule has 0 amide bonds. The number of alkyl halides is 3. The minimum absolute atomic E-state index is 0.228. The lowest BCUT2D eigenvalue weighted by molar-refractivity contribution is -0.156. The lowest BCUT2D eigenvalue weighted by Gasteiger charge is -2.34. The van der Waals surface area contributed by atoms with E-state index in [0.717, 1.165) is 11.0 Å². The van der Waals surface area contributed by atoms with Crippen LogP contribution < -0.4 is 0 Å². The fourth-order valence-electron chi connectivity index (χ4n) is 1.47. The normalized spacial score (nSPS) is 17.3. The molecule has 10 heteroatoms. The Morgan fingerprint density at radius 2 is 1.67 bits per heavy atom. The number of rotatable bonds is 9. The van der Waals surface area contributed by atoms with Gasteiger partial charge in [-0.3, -0.25) is 0 Å². The molecular weight excluding hydrogens is 332 g/mol. The zero-order valence-electron chi connectivity index (χ0n) is 12.6. The van der Waals surface area contributed by atoms with Gasteiger partial charge < -0.3 is 10.2 Å². The molecule has 0 saturated heterocycles. The molecule has 0 rings (SSSR count). The summed E-state index contributed by atoms with van der Waals surface area (Å²) in [6.45, 7) is 0. The van der Waals surface area contributed by atoms with Gasteiger partial charge in [0.2, 0.25) is 0 Å². The van der Waals surface area contributed by atoms with Crippen molar-refractivity contribution in [3.05, 3.63) is 0 Å². The molecule has 2 atom stereocenters. The van der Waals surface area contributed by atoms with Crippen LogP contribution in [0.1, 0.15) is 19.3 Å². The maximum Gasteiger partial charge on any atom is 0.391 e. The Morgan fingerprint density at radius 1 is 1.14 bits per heavy atom. The molecule has 0 aromatic carbocycles. The Morgan fingerprint density at radius 3 is 2.10 bits per heavy atom. The van der Waals surface area contributed by atoms with E-state index in [2.05, 4.69) is 0 Å².